The number of halogens is 2. The standard InChI is InChI=1S/C29H25Br2N5O6S2/c1-41-35-21(19-13-43-28(33-19)32-16-37)24(38)34-22-25(39)36-14-29(12-20(30)31,15-44-26(22)36)27(40)42-23(17-8-4-2-5-9-17)18-10-6-3-7-11-18/h2-13,16,22-23,26H,14-15H2,1H3,(H,34,38)(H,32,33,37)/t22?,26-,29?/m1/s1. The zero-order chi connectivity index (χ0) is 31.3. The van der Waals surface area contributed by atoms with Crippen molar-refractivity contribution in [1.29, 1.82) is 0 Å². The molecule has 0 aliphatic carbocycles. The molecule has 2 aliphatic rings. The van der Waals surface area contributed by atoms with Gasteiger partial charge in [-0.3, -0.25) is 19.2 Å². The number of hydrogen-bond acceptors (Lipinski definition) is 10. The molecule has 2 fully saturated rings. The normalized spacial score (nSPS) is 21.0. The van der Waals surface area contributed by atoms with E-state index in [-0.39, 0.29) is 34.7 Å². The highest BCUT2D eigenvalue weighted by atomic mass is 79.9. The molecule has 3 amide bonds. The van der Waals surface area contributed by atoms with Crippen LogP contribution in [0.25, 0.3) is 0 Å². The summed E-state index contributed by atoms with van der Waals surface area (Å²) in [6.45, 7) is 0.0531. The van der Waals surface area contributed by atoms with E-state index < -0.39 is 34.8 Å². The number of carbonyl (C=O) groups excluding carboxylic acids is 4. The number of thioether (sulfide) groups is 1. The molecule has 2 unspecified atom stereocenters. The number of benzene rings is 2. The fourth-order valence-electron chi connectivity index (χ4n) is 4.89. The second-order valence-corrected chi connectivity index (χ2v) is 14.5. The summed E-state index contributed by atoms with van der Waals surface area (Å²) in [5, 5.41) is 10.3. The number of β-lactam (4-membered cyclic amide) rings is 1. The van der Waals surface area contributed by atoms with Gasteiger partial charge in [-0.05, 0) is 49.1 Å². The average Bonchev–Trinajstić information content (AvgIpc) is 3.49. The summed E-state index contributed by atoms with van der Waals surface area (Å²) in [5.41, 5.74) is 0.485. The summed E-state index contributed by atoms with van der Waals surface area (Å²) in [4.78, 5) is 61.9. The molecule has 15 heteroatoms. The number of aromatic nitrogens is 1. The number of hydrogen-bond donors (Lipinski definition) is 2. The molecule has 3 heterocycles. The van der Waals surface area contributed by atoms with Gasteiger partial charge >= 0.3 is 5.97 Å². The quantitative estimate of drug-likeness (QED) is 0.0964. The van der Waals surface area contributed by atoms with Crippen molar-refractivity contribution in [1.82, 2.24) is 15.2 Å². The fraction of sp³-hybridized carbons (Fsp3) is 0.241. The van der Waals surface area contributed by atoms with Crippen molar-refractivity contribution in [2.45, 2.75) is 17.5 Å². The van der Waals surface area contributed by atoms with Gasteiger partial charge in [-0.2, -0.15) is 0 Å². The zero-order valence-corrected chi connectivity index (χ0v) is 27.8. The SMILES string of the molecule is CON=C(C(=O)NC1C(=O)N2CC(C=C(Br)Br)(C(=O)OC(c3ccccc3)c3ccccc3)CS[C@H]12)c1csc(NC=O)n1. The van der Waals surface area contributed by atoms with Crippen LogP contribution in [0.2, 0.25) is 0 Å². The molecular formula is C29H25Br2N5O6S2. The van der Waals surface area contributed by atoms with Gasteiger partial charge in [0.15, 0.2) is 16.9 Å². The number of nitrogens with zero attached hydrogens (tertiary/aromatic N) is 3. The van der Waals surface area contributed by atoms with Gasteiger partial charge in [0.1, 0.15) is 29.6 Å². The third kappa shape index (κ3) is 6.75. The minimum Gasteiger partial charge on any atom is -0.452 e. The Morgan fingerprint density at radius 1 is 1.14 bits per heavy atom. The first-order valence-corrected chi connectivity index (χ1v) is 16.6. The van der Waals surface area contributed by atoms with Crippen molar-refractivity contribution < 1.29 is 28.8 Å². The van der Waals surface area contributed by atoms with E-state index in [0.717, 1.165) is 22.5 Å². The lowest BCUT2D eigenvalue weighted by Gasteiger charge is -2.53. The maximum absolute atomic E-state index is 14.0. The third-order valence-electron chi connectivity index (χ3n) is 6.94. The van der Waals surface area contributed by atoms with Crippen LogP contribution in [0.4, 0.5) is 5.13 Å². The topological polar surface area (TPSA) is 139 Å². The fourth-order valence-corrected chi connectivity index (χ4v) is 7.91. The van der Waals surface area contributed by atoms with Crippen LogP contribution in [-0.4, -0.2) is 70.6 Å². The van der Waals surface area contributed by atoms with Crippen LogP contribution in [0, 0.1) is 5.41 Å². The Labute approximate surface area is 277 Å². The lowest BCUT2D eigenvalue weighted by molar-refractivity contribution is -0.162. The number of anilines is 1. The highest BCUT2D eigenvalue weighted by Gasteiger charge is 2.57. The van der Waals surface area contributed by atoms with Crippen molar-refractivity contribution in [2.75, 3.05) is 24.7 Å². The molecule has 1 aromatic heterocycles. The number of nitrogens with one attached hydrogen (secondary N) is 2. The van der Waals surface area contributed by atoms with Crippen LogP contribution in [0.3, 0.4) is 0 Å². The van der Waals surface area contributed by atoms with Crippen molar-refractivity contribution >= 4 is 90.0 Å². The number of carbonyl (C=O) groups is 4. The van der Waals surface area contributed by atoms with E-state index in [2.05, 4.69) is 52.6 Å². The first-order valence-electron chi connectivity index (χ1n) is 13.1. The number of rotatable bonds is 11. The summed E-state index contributed by atoms with van der Waals surface area (Å²) >= 11 is 9.26. The highest BCUT2D eigenvalue weighted by Crippen LogP contribution is 2.45. The Morgan fingerprint density at radius 3 is 2.39 bits per heavy atom. The molecule has 0 radical (unpaired) electrons. The Morgan fingerprint density at radius 2 is 1.80 bits per heavy atom. The number of amides is 3. The van der Waals surface area contributed by atoms with Crippen LogP contribution in [0.15, 0.2) is 80.7 Å². The third-order valence-corrected chi connectivity index (χ3v) is 9.72. The van der Waals surface area contributed by atoms with Gasteiger partial charge in [-0.25, -0.2) is 4.98 Å². The number of ether oxygens (including phenoxy) is 1. The van der Waals surface area contributed by atoms with Crippen LogP contribution >= 0.6 is 55.0 Å². The first-order chi connectivity index (χ1) is 21.3. The summed E-state index contributed by atoms with van der Waals surface area (Å²) < 4.78 is 6.76. The molecule has 5 rings (SSSR count). The molecule has 228 valence electrons. The predicted octanol–water partition coefficient (Wildman–Crippen LogP) is 4.41. The van der Waals surface area contributed by atoms with Gasteiger partial charge in [-0.1, -0.05) is 65.8 Å². The minimum atomic E-state index is -1.18. The Hall–Kier alpha value is -3.53. The minimum absolute atomic E-state index is 0.0531. The van der Waals surface area contributed by atoms with Crippen LogP contribution in [0.1, 0.15) is 22.9 Å². The molecule has 0 saturated carbocycles. The molecule has 2 aromatic carbocycles. The first kappa shape index (κ1) is 31.9. The molecule has 3 atom stereocenters. The number of esters is 1. The Kier molecular flexibility index (Phi) is 10.2. The monoisotopic (exact) mass is 761 g/mol. The maximum atomic E-state index is 14.0. The van der Waals surface area contributed by atoms with Gasteiger partial charge in [0.25, 0.3) is 5.91 Å². The van der Waals surface area contributed by atoms with Gasteiger partial charge in [-0.15, -0.1) is 23.1 Å². The average molecular weight is 763 g/mol. The zero-order valence-electron chi connectivity index (χ0n) is 23.0. The summed E-state index contributed by atoms with van der Waals surface area (Å²) in [5.74, 6) is -1.22. The van der Waals surface area contributed by atoms with E-state index in [9.17, 15) is 19.2 Å². The lowest BCUT2D eigenvalue weighted by atomic mass is 9.87. The van der Waals surface area contributed by atoms with E-state index in [1.807, 2.05) is 60.7 Å². The van der Waals surface area contributed by atoms with Gasteiger partial charge in [0.2, 0.25) is 12.3 Å². The van der Waals surface area contributed by atoms with Crippen LogP contribution in [-0.2, 0) is 28.8 Å². The second kappa shape index (κ2) is 14.1. The second-order valence-electron chi connectivity index (χ2n) is 9.74. The molecular weight excluding hydrogens is 738 g/mol. The van der Waals surface area contributed by atoms with E-state index >= 15 is 0 Å². The van der Waals surface area contributed by atoms with Crippen molar-refractivity contribution in [3.63, 3.8) is 0 Å². The lowest BCUT2D eigenvalue weighted by Crippen LogP contribution is -2.74. The van der Waals surface area contributed by atoms with Crippen molar-refractivity contribution in [3.8, 4) is 0 Å². The Bertz CT molecular complexity index is 1560. The molecule has 44 heavy (non-hydrogen) atoms. The smallest absolute Gasteiger partial charge is 0.319 e. The molecule has 0 spiro atoms. The number of thiazole rings is 1. The van der Waals surface area contributed by atoms with E-state index in [4.69, 9.17) is 9.57 Å². The molecule has 2 aliphatic heterocycles. The maximum Gasteiger partial charge on any atom is 0.319 e. The van der Waals surface area contributed by atoms with Gasteiger partial charge < -0.3 is 25.1 Å². The molecule has 0 bridgehead atoms. The highest BCUT2D eigenvalue weighted by molar-refractivity contribution is 9.28. The number of fused-ring (bicyclic) bond motifs is 1. The largest absolute Gasteiger partial charge is 0.452 e. The summed E-state index contributed by atoms with van der Waals surface area (Å²) in [6.07, 6.45) is 1.53. The summed E-state index contributed by atoms with van der Waals surface area (Å²) in [7, 11) is 1.28. The molecule has 2 saturated heterocycles. The molecule has 3 aromatic rings. The van der Waals surface area contributed by atoms with Crippen LogP contribution in [0.5, 0.6) is 0 Å². The summed E-state index contributed by atoms with van der Waals surface area (Å²) in [6, 6.07) is 18.1. The van der Waals surface area contributed by atoms with Gasteiger partial charge in [0, 0.05) is 17.7 Å². The number of oxime groups is 1. The van der Waals surface area contributed by atoms with E-state index in [0.29, 0.717) is 9.80 Å². The van der Waals surface area contributed by atoms with Gasteiger partial charge in [0.05, 0.1) is 3.39 Å². The van der Waals surface area contributed by atoms with E-state index in [1.54, 1.807) is 11.0 Å². The van der Waals surface area contributed by atoms with E-state index in [1.165, 1.54) is 24.3 Å². The van der Waals surface area contributed by atoms with Crippen LogP contribution < -0.4 is 10.6 Å². The molecule has 11 nitrogen and oxygen atoms in total. The van der Waals surface area contributed by atoms with Crippen molar-refractivity contribution in [2.24, 2.45) is 10.6 Å². The van der Waals surface area contributed by atoms with Crippen molar-refractivity contribution in [3.05, 3.63) is 92.3 Å². The Balaban J connectivity index is 1.33. The molecule has 2 N–H and O–H groups in total. The predicted molar refractivity (Wildman–Crippen MR) is 174 cm³/mol.